The number of fused-ring (bicyclic) bond motifs is 3. The van der Waals surface area contributed by atoms with Gasteiger partial charge in [0, 0.05) is 30.7 Å². The monoisotopic (exact) mass is 485 g/mol. The number of anilines is 1. The van der Waals surface area contributed by atoms with Crippen molar-refractivity contribution >= 4 is 45.0 Å². The first kappa shape index (κ1) is 22.4. The van der Waals surface area contributed by atoms with Crippen LogP contribution in [0.2, 0.25) is 0 Å². The van der Waals surface area contributed by atoms with Gasteiger partial charge in [-0.2, -0.15) is 0 Å². The summed E-state index contributed by atoms with van der Waals surface area (Å²) >= 11 is 3.10. The molecule has 3 aromatic heterocycles. The van der Waals surface area contributed by atoms with Crippen LogP contribution in [0.25, 0.3) is 10.2 Å². The topological polar surface area (TPSA) is 100 Å². The van der Waals surface area contributed by atoms with Crippen molar-refractivity contribution in [1.82, 2.24) is 20.3 Å². The highest BCUT2D eigenvalue weighted by atomic mass is 32.2. The van der Waals surface area contributed by atoms with Crippen molar-refractivity contribution in [3.8, 4) is 0 Å². The zero-order valence-corrected chi connectivity index (χ0v) is 20.0. The average molecular weight is 486 g/mol. The van der Waals surface area contributed by atoms with Crippen LogP contribution in [0, 0.1) is 0 Å². The normalized spacial score (nSPS) is 16.1. The third kappa shape index (κ3) is 5.23. The summed E-state index contributed by atoms with van der Waals surface area (Å²) in [6, 6.07) is 3.94. The van der Waals surface area contributed by atoms with E-state index in [0.29, 0.717) is 37.1 Å². The van der Waals surface area contributed by atoms with E-state index in [1.54, 1.807) is 17.5 Å². The number of thiophene rings is 1. The third-order valence-electron chi connectivity index (χ3n) is 5.98. The summed E-state index contributed by atoms with van der Waals surface area (Å²) < 4.78 is 5.39. The van der Waals surface area contributed by atoms with Crippen molar-refractivity contribution in [3.63, 3.8) is 0 Å². The predicted molar refractivity (Wildman–Crippen MR) is 132 cm³/mol. The number of thioether (sulfide) groups is 1. The maximum atomic E-state index is 12.6. The van der Waals surface area contributed by atoms with E-state index in [-0.39, 0.29) is 11.5 Å². The van der Waals surface area contributed by atoms with E-state index in [9.17, 15) is 9.59 Å². The zero-order chi connectivity index (χ0) is 22.6. The lowest BCUT2D eigenvalue weighted by Gasteiger charge is -2.28. The van der Waals surface area contributed by atoms with Gasteiger partial charge in [-0.05, 0) is 48.9 Å². The fourth-order valence-corrected chi connectivity index (χ4v) is 6.31. The minimum absolute atomic E-state index is 0.0419. The standard InChI is InChI=1S/C23H27N5O3S2/c29-20(25-12-15-5-6-24-19(11-15)28-7-9-31-10-8-28)14-32-13-18-26-22(30)21-16-3-1-2-4-17(16)33-23(21)27-18/h5-6,11H,1-4,7-10,12-14H2,(H,25,29)(H,26,27,30). The summed E-state index contributed by atoms with van der Waals surface area (Å²) in [5.41, 5.74) is 2.16. The largest absolute Gasteiger partial charge is 0.378 e. The molecule has 0 atom stereocenters. The number of hydrogen-bond donors (Lipinski definition) is 2. The lowest BCUT2D eigenvalue weighted by molar-refractivity contribution is -0.118. The quantitative estimate of drug-likeness (QED) is 0.531. The molecule has 5 rings (SSSR count). The molecule has 33 heavy (non-hydrogen) atoms. The molecule has 0 saturated carbocycles. The van der Waals surface area contributed by atoms with Crippen LogP contribution >= 0.6 is 23.1 Å². The van der Waals surface area contributed by atoms with Crippen molar-refractivity contribution in [1.29, 1.82) is 0 Å². The van der Waals surface area contributed by atoms with Gasteiger partial charge in [-0.15, -0.1) is 23.1 Å². The number of aryl methyl sites for hydroxylation is 2. The Morgan fingerprint density at radius 3 is 3.00 bits per heavy atom. The van der Waals surface area contributed by atoms with Gasteiger partial charge in [-0.3, -0.25) is 9.59 Å². The Bertz CT molecular complexity index is 1200. The number of hydrogen-bond acceptors (Lipinski definition) is 8. The van der Waals surface area contributed by atoms with Crippen LogP contribution < -0.4 is 15.8 Å². The first-order valence-corrected chi connectivity index (χ1v) is 13.3. The van der Waals surface area contributed by atoms with E-state index >= 15 is 0 Å². The van der Waals surface area contributed by atoms with Gasteiger partial charge in [-0.1, -0.05) is 0 Å². The van der Waals surface area contributed by atoms with Gasteiger partial charge in [0.25, 0.3) is 5.56 Å². The minimum atomic E-state index is -0.0480. The molecule has 174 valence electrons. The number of ether oxygens (including phenoxy) is 1. The number of aromatic amines is 1. The number of carbonyl (C=O) groups excluding carboxylic acids is 1. The van der Waals surface area contributed by atoms with Crippen molar-refractivity contribution < 1.29 is 9.53 Å². The van der Waals surface area contributed by atoms with Crippen LogP contribution in [-0.4, -0.2) is 52.9 Å². The van der Waals surface area contributed by atoms with E-state index in [0.717, 1.165) is 53.9 Å². The van der Waals surface area contributed by atoms with Crippen molar-refractivity contribution in [3.05, 3.63) is 50.5 Å². The summed E-state index contributed by atoms with van der Waals surface area (Å²) in [4.78, 5) is 41.4. The minimum Gasteiger partial charge on any atom is -0.378 e. The van der Waals surface area contributed by atoms with Gasteiger partial charge >= 0.3 is 0 Å². The molecule has 0 unspecified atom stereocenters. The second-order valence-electron chi connectivity index (χ2n) is 8.29. The van der Waals surface area contributed by atoms with E-state index in [1.807, 2.05) is 12.1 Å². The molecule has 0 spiro atoms. The van der Waals surface area contributed by atoms with E-state index in [2.05, 4.69) is 25.2 Å². The average Bonchev–Trinajstić information content (AvgIpc) is 3.22. The molecule has 8 nitrogen and oxygen atoms in total. The van der Waals surface area contributed by atoms with Gasteiger partial charge in [0.05, 0.1) is 30.1 Å². The summed E-state index contributed by atoms with van der Waals surface area (Å²) in [5.74, 6) is 2.31. The van der Waals surface area contributed by atoms with Gasteiger partial charge in [-0.25, -0.2) is 9.97 Å². The number of nitrogens with zero attached hydrogens (tertiary/aromatic N) is 3. The molecule has 1 fully saturated rings. The maximum absolute atomic E-state index is 12.6. The number of morpholine rings is 1. The number of nitrogens with one attached hydrogen (secondary N) is 2. The zero-order valence-electron chi connectivity index (χ0n) is 18.4. The highest BCUT2D eigenvalue weighted by Crippen LogP contribution is 2.33. The molecule has 1 saturated heterocycles. The highest BCUT2D eigenvalue weighted by molar-refractivity contribution is 7.99. The highest BCUT2D eigenvalue weighted by Gasteiger charge is 2.20. The molecule has 1 aliphatic carbocycles. The Labute approximate surface area is 200 Å². The van der Waals surface area contributed by atoms with Gasteiger partial charge < -0.3 is 19.9 Å². The van der Waals surface area contributed by atoms with Crippen molar-refractivity contribution in [2.24, 2.45) is 0 Å². The Balaban J connectivity index is 1.13. The molecule has 0 aromatic carbocycles. The van der Waals surface area contributed by atoms with Gasteiger partial charge in [0.1, 0.15) is 16.5 Å². The lowest BCUT2D eigenvalue weighted by atomic mass is 9.97. The number of amides is 1. The molecule has 1 amide bonds. The number of H-pyrrole nitrogens is 1. The number of rotatable bonds is 7. The maximum Gasteiger partial charge on any atom is 0.259 e. The molecule has 4 heterocycles. The fraction of sp³-hybridized carbons (Fsp3) is 0.478. The van der Waals surface area contributed by atoms with E-state index in [1.165, 1.54) is 28.6 Å². The molecule has 0 radical (unpaired) electrons. The van der Waals surface area contributed by atoms with Crippen LogP contribution in [0.4, 0.5) is 5.82 Å². The number of pyridine rings is 1. The molecular formula is C23H27N5O3S2. The Kier molecular flexibility index (Phi) is 6.93. The van der Waals surface area contributed by atoms with Gasteiger partial charge in [0.15, 0.2) is 0 Å². The van der Waals surface area contributed by atoms with Crippen molar-refractivity contribution in [2.75, 3.05) is 37.0 Å². The van der Waals surface area contributed by atoms with Crippen LogP contribution in [-0.2, 0) is 34.7 Å². The molecule has 2 N–H and O–H groups in total. The van der Waals surface area contributed by atoms with E-state index < -0.39 is 0 Å². The Morgan fingerprint density at radius 1 is 1.27 bits per heavy atom. The summed E-state index contributed by atoms with van der Waals surface area (Å²) in [7, 11) is 0. The number of aromatic nitrogens is 3. The molecule has 2 aliphatic rings. The lowest BCUT2D eigenvalue weighted by Crippen LogP contribution is -2.36. The van der Waals surface area contributed by atoms with Crippen LogP contribution in [0.5, 0.6) is 0 Å². The second-order valence-corrected chi connectivity index (χ2v) is 10.4. The first-order valence-electron chi connectivity index (χ1n) is 11.3. The predicted octanol–water partition coefficient (Wildman–Crippen LogP) is 2.64. The van der Waals surface area contributed by atoms with Crippen LogP contribution in [0.15, 0.2) is 23.1 Å². The van der Waals surface area contributed by atoms with E-state index in [4.69, 9.17) is 4.74 Å². The van der Waals surface area contributed by atoms with Crippen LogP contribution in [0.3, 0.4) is 0 Å². The SMILES string of the molecule is O=C(CSCc1nc2sc3c(c2c(=O)[nH]1)CCCC3)NCc1ccnc(N2CCOCC2)c1. The smallest absolute Gasteiger partial charge is 0.259 e. The summed E-state index contributed by atoms with van der Waals surface area (Å²) in [5, 5.41) is 3.74. The third-order valence-corrected chi connectivity index (χ3v) is 8.11. The van der Waals surface area contributed by atoms with Crippen LogP contribution in [0.1, 0.15) is 34.7 Å². The molecule has 3 aromatic rings. The summed E-state index contributed by atoms with van der Waals surface area (Å²) in [6.45, 7) is 3.54. The Morgan fingerprint density at radius 2 is 2.12 bits per heavy atom. The second kappa shape index (κ2) is 10.2. The first-order chi connectivity index (χ1) is 16.2. The summed E-state index contributed by atoms with van der Waals surface area (Å²) in [6.07, 6.45) is 6.12. The fourth-order valence-electron chi connectivity index (χ4n) is 4.30. The van der Waals surface area contributed by atoms with Crippen molar-refractivity contribution in [2.45, 2.75) is 38.0 Å². The molecule has 0 bridgehead atoms. The van der Waals surface area contributed by atoms with Gasteiger partial charge in [0.2, 0.25) is 5.91 Å². The molecule has 1 aliphatic heterocycles. The Hall–Kier alpha value is -2.43. The molecular weight excluding hydrogens is 458 g/mol. The molecule has 10 heteroatoms. The number of carbonyl (C=O) groups is 1.